The average Bonchev–Trinajstić information content (AvgIpc) is 2.98. The van der Waals surface area contributed by atoms with E-state index < -0.39 is 0 Å². The predicted molar refractivity (Wildman–Crippen MR) is 68.5 cm³/mol. The van der Waals surface area contributed by atoms with Crippen molar-refractivity contribution in [1.29, 1.82) is 0 Å². The van der Waals surface area contributed by atoms with Crippen molar-refractivity contribution in [3.05, 3.63) is 0 Å². The van der Waals surface area contributed by atoms with Crippen molar-refractivity contribution in [2.45, 2.75) is 25.4 Å². The molecule has 3 aliphatic rings. The Kier molecular flexibility index (Phi) is 3.45. The normalized spacial score (nSPS) is 34.5. The predicted octanol–water partition coefficient (Wildman–Crippen LogP) is -0.946. The fourth-order valence-electron chi connectivity index (χ4n) is 3.28. The molecule has 3 fully saturated rings. The summed E-state index contributed by atoms with van der Waals surface area (Å²) in [7, 11) is 0. The molecule has 19 heavy (non-hydrogen) atoms. The van der Waals surface area contributed by atoms with E-state index in [0.717, 1.165) is 19.6 Å². The summed E-state index contributed by atoms with van der Waals surface area (Å²) >= 11 is 0. The lowest BCUT2D eigenvalue weighted by Gasteiger charge is -2.35. The molecule has 1 N–H and O–H groups in total. The van der Waals surface area contributed by atoms with Gasteiger partial charge in [-0.15, -0.1) is 0 Å². The van der Waals surface area contributed by atoms with Crippen molar-refractivity contribution < 1.29 is 14.3 Å². The maximum absolute atomic E-state index is 12.4. The number of nitrogens with zero attached hydrogens (tertiary/aromatic N) is 2. The van der Waals surface area contributed by atoms with Crippen molar-refractivity contribution in [2.75, 3.05) is 39.4 Å². The number of hydrogen-bond donors (Lipinski definition) is 1. The summed E-state index contributed by atoms with van der Waals surface area (Å²) in [6.07, 6.45) is 0.885. The van der Waals surface area contributed by atoms with Gasteiger partial charge in [0.15, 0.2) is 0 Å². The zero-order valence-corrected chi connectivity index (χ0v) is 11.3. The van der Waals surface area contributed by atoms with Crippen LogP contribution < -0.4 is 5.32 Å². The lowest BCUT2D eigenvalue weighted by Crippen LogP contribution is -2.54. The smallest absolute Gasteiger partial charge is 0.239 e. The molecule has 0 aromatic carbocycles. The Morgan fingerprint density at radius 1 is 1.11 bits per heavy atom. The third-order valence-corrected chi connectivity index (χ3v) is 4.49. The lowest BCUT2D eigenvalue weighted by atomic mass is 10.0. The fourth-order valence-corrected chi connectivity index (χ4v) is 3.28. The van der Waals surface area contributed by atoms with Gasteiger partial charge >= 0.3 is 0 Å². The second-order valence-corrected chi connectivity index (χ2v) is 5.69. The Bertz CT molecular complexity index is 367. The van der Waals surface area contributed by atoms with Crippen LogP contribution in [0.4, 0.5) is 0 Å². The Balaban J connectivity index is 1.53. The SMILES string of the molecule is CC(=O)N1CCN(C(=O)[C@@H]2C[C@H]3COC[C@H]3N2)CC1. The molecular formula is C13H21N3O3. The number of carbonyl (C=O) groups is 2. The number of rotatable bonds is 1. The van der Waals surface area contributed by atoms with E-state index in [4.69, 9.17) is 4.74 Å². The maximum atomic E-state index is 12.4. The molecular weight excluding hydrogens is 246 g/mol. The van der Waals surface area contributed by atoms with Crippen LogP contribution in [0, 0.1) is 5.92 Å². The van der Waals surface area contributed by atoms with Gasteiger partial charge in [-0.3, -0.25) is 9.59 Å². The average molecular weight is 267 g/mol. The summed E-state index contributed by atoms with van der Waals surface area (Å²) in [5, 5.41) is 3.39. The molecule has 6 heteroatoms. The van der Waals surface area contributed by atoms with E-state index in [2.05, 4.69) is 5.32 Å². The van der Waals surface area contributed by atoms with Crippen molar-refractivity contribution in [3.63, 3.8) is 0 Å². The molecule has 3 heterocycles. The molecule has 6 nitrogen and oxygen atoms in total. The highest BCUT2D eigenvalue weighted by Gasteiger charge is 2.42. The van der Waals surface area contributed by atoms with Crippen LogP contribution in [-0.2, 0) is 14.3 Å². The lowest BCUT2D eigenvalue weighted by molar-refractivity contribution is -0.139. The van der Waals surface area contributed by atoms with Crippen LogP contribution >= 0.6 is 0 Å². The van der Waals surface area contributed by atoms with Gasteiger partial charge in [-0.25, -0.2) is 0 Å². The van der Waals surface area contributed by atoms with Crippen molar-refractivity contribution in [2.24, 2.45) is 5.92 Å². The van der Waals surface area contributed by atoms with Crippen LogP contribution in [0.5, 0.6) is 0 Å². The minimum atomic E-state index is -0.0530. The van der Waals surface area contributed by atoms with Gasteiger partial charge in [-0.05, 0) is 6.42 Å². The van der Waals surface area contributed by atoms with Crippen LogP contribution in [0.3, 0.4) is 0 Å². The quantitative estimate of drug-likeness (QED) is 0.666. The summed E-state index contributed by atoms with van der Waals surface area (Å²) in [5.41, 5.74) is 0. The topological polar surface area (TPSA) is 61.9 Å². The number of amides is 2. The first kappa shape index (κ1) is 12.9. The minimum absolute atomic E-state index is 0.0530. The number of fused-ring (bicyclic) bond motifs is 1. The van der Waals surface area contributed by atoms with Crippen LogP contribution in [0.15, 0.2) is 0 Å². The first-order chi connectivity index (χ1) is 9.15. The van der Waals surface area contributed by atoms with E-state index in [0.29, 0.717) is 38.1 Å². The van der Waals surface area contributed by atoms with Crippen LogP contribution in [0.2, 0.25) is 0 Å². The number of piperazine rings is 1. The van der Waals surface area contributed by atoms with E-state index >= 15 is 0 Å². The van der Waals surface area contributed by atoms with E-state index in [1.807, 2.05) is 4.90 Å². The number of nitrogens with one attached hydrogen (secondary N) is 1. The van der Waals surface area contributed by atoms with Gasteiger partial charge in [0, 0.05) is 45.1 Å². The molecule has 3 rings (SSSR count). The molecule has 106 valence electrons. The second kappa shape index (κ2) is 5.09. The van der Waals surface area contributed by atoms with Crippen LogP contribution in [0.25, 0.3) is 0 Å². The third kappa shape index (κ3) is 2.47. The van der Waals surface area contributed by atoms with Gasteiger partial charge in [0.1, 0.15) is 0 Å². The molecule has 3 saturated heterocycles. The van der Waals surface area contributed by atoms with Crippen LogP contribution in [-0.4, -0.2) is 73.1 Å². The fraction of sp³-hybridized carbons (Fsp3) is 0.846. The molecule has 0 spiro atoms. The Morgan fingerprint density at radius 3 is 2.42 bits per heavy atom. The molecule has 0 radical (unpaired) electrons. The Hall–Kier alpha value is -1.14. The van der Waals surface area contributed by atoms with Gasteiger partial charge in [-0.1, -0.05) is 0 Å². The highest BCUT2D eigenvalue weighted by atomic mass is 16.5. The molecule has 0 aromatic rings. The number of hydrogen-bond acceptors (Lipinski definition) is 4. The molecule has 0 aromatic heterocycles. The van der Waals surface area contributed by atoms with Gasteiger partial charge < -0.3 is 19.9 Å². The first-order valence-electron chi connectivity index (χ1n) is 7.03. The highest BCUT2D eigenvalue weighted by Crippen LogP contribution is 2.27. The van der Waals surface area contributed by atoms with Crippen molar-refractivity contribution in [3.8, 4) is 0 Å². The second-order valence-electron chi connectivity index (χ2n) is 5.69. The third-order valence-electron chi connectivity index (χ3n) is 4.49. The highest BCUT2D eigenvalue weighted by molar-refractivity contribution is 5.83. The standard InChI is InChI=1S/C13H21N3O3/c1-9(17)15-2-4-16(5-3-15)13(18)11-6-10-7-19-8-12(10)14-11/h10-12,14H,2-8H2,1H3/t10-,11-,12+/m0/s1. The zero-order valence-electron chi connectivity index (χ0n) is 11.3. The molecule has 2 amide bonds. The summed E-state index contributed by atoms with van der Waals surface area (Å²) in [6, 6.07) is 0.301. The first-order valence-corrected chi connectivity index (χ1v) is 7.03. The van der Waals surface area contributed by atoms with Gasteiger partial charge in [0.05, 0.1) is 19.3 Å². The van der Waals surface area contributed by atoms with E-state index in [1.54, 1.807) is 11.8 Å². The summed E-state index contributed by atoms with van der Waals surface area (Å²) in [5.74, 6) is 0.780. The largest absolute Gasteiger partial charge is 0.379 e. The zero-order chi connectivity index (χ0) is 13.4. The molecule has 0 unspecified atom stereocenters. The monoisotopic (exact) mass is 267 g/mol. The summed E-state index contributed by atoms with van der Waals surface area (Å²) in [4.78, 5) is 27.4. The molecule has 0 bridgehead atoms. The van der Waals surface area contributed by atoms with Crippen molar-refractivity contribution in [1.82, 2.24) is 15.1 Å². The Labute approximate surface area is 113 Å². The number of ether oxygens (including phenoxy) is 1. The van der Waals surface area contributed by atoms with Gasteiger partial charge in [0.2, 0.25) is 11.8 Å². The van der Waals surface area contributed by atoms with E-state index in [1.165, 1.54) is 0 Å². The van der Waals surface area contributed by atoms with Gasteiger partial charge in [0.25, 0.3) is 0 Å². The molecule has 3 aliphatic heterocycles. The van der Waals surface area contributed by atoms with E-state index in [9.17, 15) is 9.59 Å². The Morgan fingerprint density at radius 2 is 1.79 bits per heavy atom. The molecule has 0 aliphatic carbocycles. The molecule has 3 atom stereocenters. The molecule has 0 saturated carbocycles. The van der Waals surface area contributed by atoms with Gasteiger partial charge in [-0.2, -0.15) is 0 Å². The minimum Gasteiger partial charge on any atom is -0.379 e. The van der Waals surface area contributed by atoms with Crippen molar-refractivity contribution >= 4 is 11.8 Å². The summed E-state index contributed by atoms with van der Waals surface area (Å²) < 4.78 is 5.39. The van der Waals surface area contributed by atoms with Crippen LogP contribution in [0.1, 0.15) is 13.3 Å². The maximum Gasteiger partial charge on any atom is 0.239 e. The number of carbonyl (C=O) groups excluding carboxylic acids is 2. The van der Waals surface area contributed by atoms with E-state index in [-0.39, 0.29) is 17.9 Å². The summed E-state index contributed by atoms with van der Waals surface area (Å²) in [6.45, 7) is 5.71.